The molecule has 2 amide bonds. The van der Waals surface area contributed by atoms with Crippen LogP contribution in [0.25, 0.3) is 0 Å². The van der Waals surface area contributed by atoms with Gasteiger partial charge in [0.15, 0.2) is 0 Å². The van der Waals surface area contributed by atoms with Crippen molar-refractivity contribution >= 4 is 11.8 Å². The number of rotatable bonds is 3. The molecule has 1 aromatic carbocycles. The van der Waals surface area contributed by atoms with Gasteiger partial charge in [-0.2, -0.15) is 0 Å². The summed E-state index contributed by atoms with van der Waals surface area (Å²) in [5.74, 6) is -0.0959. The first-order chi connectivity index (χ1) is 13.1. The summed E-state index contributed by atoms with van der Waals surface area (Å²) in [6.07, 6.45) is 6.31. The minimum atomic E-state index is -0.243. The summed E-state index contributed by atoms with van der Waals surface area (Å²) in [5, 5.41) is 2.93. The molecule has 1 atom stereocenters. The molecule has 3 rings (SSSR count). The van der Waals surface area contributed by atoms with E-state index in [1.54, 1.807) is 6.07 Å². The Morgan fingerprint density at radius 2 is 1.96 bits per heavy atom. The summed E-state index contributed by atoms with van der Waals surface area (Å²) < 4.78 is 13.5. The van der Waals surface area contributed by atoms with Crippen LogP contribution in [-0.2, 0) is 16.1 Å². The first-order valence-corrected chi connectivity index (χ1v) is 10.2. The number of halogens is 1. The molecule has 0 radical (unpaired) electrons. The second-order valence-corrected chi connectivity index (χ2v) is 7.60. The van der Waals surface area contributed by atoms with E-state index >= 15 is 0 Å². The average Bonchev–Trinajstić information content (AvgIpc) is 3.08. The van der Waals surface area contributed by atoms with Crippen molar-refractivity contribution in [3.63, 3.8) is 0 Å². The van der Waals surface area contributed by atoms with Crippen molar-refractivity contribution < 1.29 is 14.0 Å². The Morgan fingerprint density at radius 3 is 2.81 bits per heavy atom. The Hall–Kier alpha value is -1.95. The van der Waals surface area contributed by atoms with Crippen molar-refractivity contribution in [2.75, 3.05) is 26.2 Å². The number of carbonyl (C=O) groups excluding carboxylic acids is 2. The molecular weight excluding hydrogens is 345 g/mol. The number of nitrogens with zero attached hydrogens (tertiary/aromatic N) is 2. The van der Waals surface area contributed by atoms with Gasteiger partial charge in [-0.15, -0.1) is 0 Å². The van der Waals surface area contributed by atoms with Crippen LogP contribution < -0.4 is 5.32 Å². The van der Waals surface area contributed by atoms with Gasteiger partial charge in [-0.05, 0) is 49.9 Å². The van der Waals surface area contributed by atoms with E-state index in [9.17, 15) is 14.0 Å². The van der Waals surface area contributed by atoms with E-state index in [4.69, 9.17) is 0 Å². The molecule has 6 heteroatoms. The zero-order valence-electron chi connectivity index (χ0n) is 16.0. The number of hydrogen-bond acceptors (Lipinski definition) is 3. The number of carbonyl (C=O) groups is 2. The van der Waals surface area contributed by atoms with Crippen LogP contribution in [0.5, 0.6) is 0 Å². The van der Waals surface area contributed by atoms with Crippen molar-refractivity contribution in [3.05, 3.63) is 35.6 Å². The van der Waals surface area contributed by atoms with Gasteiger partial charge in [0.1, 0.15) is 5.82 Å². The minimum absolute atomic E-state index is 0.0257. The third-order valence-corrected chi connectivity index (χ3v) is 5.52. The lowest BCUT2D eigenvalue weighted by atomic mass is 10.1. The van der Waals surface area contributed by atoms with Crippen LogP contribution in [0.4, 0.5) is 4.39 Å². The SMILES string of the molecule is O=C1CCN(C(=O)[C@@H]2CCCN2Cc2cccc(F)c2)CCCCCCN1. The molecule has 1 aromatic rings. The van der Waals surface area contributed by atoms with Gasteiger partial charge >= 0.3 is 0 Å². The highest BCUT2D eigenvalue weighted by Crippen LogP contribution is 2.23. The monoisotopic (exact) mass is 375 g/mol. The molecule has 0 spiro atoms. The van der Waals surface area contributed by atoms with Gasteiger partial charge in [0, 0.05) is 32.6 Å². The lowest BCUT2D eigenvalue weighted by Crippen LogP contribution is -2.46. The van der Waals surface area contributed by atoms with Crippen LogP contribution >= 0.6 is 0 Å². The molecule has 2 saturated heterocycles. The third kappa shape index (κ3) is 5.76. The quantitative estimate of drug-likeness (QED) is 0.884. The standard InChI is InChI=1S/C21H30FN3O2/c22-18-8-5-7-17(15-18)16-25-13-6-9-19(25)21(27)24-12-4-2-1-3-11-23-20(26)10-14-24/h5,7-8,15,19H,1-4,6,9-14,16H2,(H,23,26)/t19-/m0/s1. The number of likely N-dealkylation sites (tertiary alicyclic amines) is 1. The molecule has 27 heavy (non-hydrogen) atoms. The van der Waals surface area contributed by atoms with Crippen molar-refractivity contribution in [2.45, 2.75) is 57.5 Å². The van der Waals surface area contributed by atoms with Crippen LogP contribution in [0.2, 0.25) is 0 Å². The van der Waals surface area contributed by atoms with E-state index < -0.39 is 0 Å². The van der Waals surface area contributed by atoms with Gasteiger partial charge in [-0.25, -0.2) is 4.39 Å². The number of amides is 2. The lowest BCUT2D eigenvalue weighted by Gasteiger charge is -2.30. The minimum Gasteiger partial charge on any atom is -0.356 e. The molecule has 2 heterocycles. The molecule has 148 valence electrons. The Labute approximate surface area is 160 Å². The molecule has 0 unspecified atom stereocenters. The normalized spacial score (nSPS) is 22.9. The van der Waals surface area contributed by atoms with E-state index in [0.29, 0.717) is 19.5 Å². The van der Waals surface area contributed by atoms with Gasteiger partial charge < -0.3 is 10.2 Å². The fourth-order valence-electron chi connectivity index (χ4n) is 4.04. The molecule has 0 bridgehead atoms. The second-order valence-electron chi connectivity index (χ2n) is 7.60. The van der Waals surface area contributed by atoms with Gasteiger partial charge in [0.25, 0.3) is 0 Å². The summed E-state index contributed by atoms with van der Waals surface area (Å²) in [5.41, 5.74) is 0.895. The highest BCUT2D eigenvalue weighted by Gasteiger charge is 2.33. The fourth-order valence-corrected chi connectivity index (χ4v) is 4.04. The zero-order chi connectivity index (χ0) is 19.1. The fraction of sp³-hybridized carbons (Fsp3) is 0.619. The summed E-state index contributed by atoms with van der Waals surface area (Å²) in [7, 11) is 0. The maximum Gasteiger partial charge on any atom is 0.239 e. The van der Waals surface area contributed by atoms with E-state index in [0.717, 1.165) is 63.7 Å². The lowest BCUT2D eigenvalue weighted by molar-refractivity contribution is -0.136. The smallest absolute Gasteiger partial charge is 0.239 e. The van der Waals surface area contributed by atoms with Crippen LogP contribution in [0, 0.1) is 5.82 Å². The molecule has 5 nitrogen and oxygen atoms in total. The first kappa shape index (κ1) is 19.8. The molecular formula is C21H30FN3O2. The number of nitrogens with one attached hydrogen (secondary N) is 1. The molecule has 0 aromatic heterocycles. The highest BCUT2D eigenvalue weighted by molar-refractivity contribution is 5.83. The van der Waals surface area contributed by atoms with E-state index in [-0.39, 0.29) is 23.7 Å². The molecule has 2 aliphatic rings. The maximum atomic E-state index is 13.5. The molecule has 1 N–H and O–H groups in total. The maximum absolute atomic E-state index is 13.5. The van der Waals surface area contributed by atoms with Crippen molar-refractivity contribution in [2.24, 2.45) is 0 Å². The van der Waals surface area contributed by atoms with Crippen molar-refractivity contribution in [1.82, 2.24) is 15.1 Å². The van der Waals surface area contributed by atoms with Gasteiger partial charge in [-0.1, -0.05) is 25.0 Å². The van der Waals surface area contributed by atoms with Crippen LogP contribution in [0.3, 0.4) is 0 Å². The summed E-state index contributed by atoms with van der Waals surface area (Å²) in [4.78, 5) is 29.2. The zero-order valence-corrected chi connectivity index (χ0v) is 16.0. The highest BCUT2D eigenvalue weighted by atomic mass is 19.1. The van der Waals surface area contributed by atoms with Crippen LogP contribution in [-0.4, -0.2) is 53.8 Å². The van der Waals surface area contributed by atoms with Crippen molar-refractivity contribution in [1.29, 1.82) is 0 Å². The number of benzene rings is 1. The van der Waals surface area contributed by atoms with Gasteiger partial charge in [0.05, 0.1) is 6.04 Å². The Morgan fingerprint density at radius 1 is 1.11 bits per heavy atom. The summed E-state index contributed by atoms with van der Waals surface area (Å²) in [6.45, 7) is 3.37. The van der Waals surface area contributed by atoms with E-state index in [1.165, 1.54) is 12.1 Å². The van der Waals surface area contributed by atoms with Crippen LogP contribution in [0.15, 0.2) is 24.3 Å². The van der Waals surface area contributed by atoms with Crippen LogP contribution in [0.1, 0.15) is 50.5 Å². The van der Waals surface area contributed by atoms with E-state index in [2.05, 4.69) is 10.2 Å². The van der Waals surface area contributed by atoms with Gasteiger partial charge in [-0.3, -0.25) is 14.5 Å². The summed E-state index contributed by atoms with van der Waals surface area (Å²) >= 11 is 0. The number of hydrogen-bond donors (Lipinski definition) is 1. The average molecular weight is 375 g/mol. The van der Waals surface area contributed by atoms with Gasteiger partial charge in [0.2, 0.25) is 11.8 Å². The predicted molar refractivity (Wildman–Crippen MR) is 103 cm³/mol. The Balaban J connectivity index is 1.64. The Kier molecular flexibility index (Phi) is 7.21. The second kappa shape index (κ2) is 9.83. The first-order valence-electron chi connectivity index (χ1n) is 10.2. The van der Waals surface area contributed by atoms with E-state index in [1.807, 2.05) is 11.0 Å². The molecule has 2 aliphatic heterocycles. The topological polar surface area (TPSA) is 52.7 Å². The third-order valence-electron chi connectivity index (χ3n) is 5.52. The largest absolute Gasteiger partial charge is 0.356 e. The molecule has 0 aliphatic carbocycles. The molecule has 2 fully saturated rings. The Bertz CT molecular complexity index is 652. The van der Waals surface area contributed by atoms with Crippen molar-refractivity contribution in [3.8, 4) is 0 Å². The predicted octanol–water partition coefficient (Wildman–Crippen LogP) is 2.70. The molecule has 0 saturated carbocycles. The summed E-state index contributed by atoms with van der Waals surface area (Å²) in [6, 6.07) is 6.43.